The number of benzene rings is 1. The van der Waals surface area contributed by atoms with E-state index in [1.807, 2.05) is 12.1 Å². The molecule has 0 radical (unpaired) electrons. The van der Waals surface area contributed by atoms with Crippen LogP contribution in [-0.2, 0) is 16.0 Å². The van der Waals surface area contributed by atoms with E-state index in [1.165, 1.54) is 12.8 Å². The summed E-state index contributed by atoms with van der Waals surface area (Å²) in [6, 6.07) is 7.69. The first-order chi connectivity index (χ1) is 13.8. The summed E-state index contributed by atoms with van der Waals surface area (Å²) >= 11 is 0. The topological polar surface area (TPSA) is 78.5 Å². The summed E-state index contributed by atoms with van der Waals surface area (Å²) in [5.74, 6) is 0.483. The highest BCUT2D eigenvalue weighted by Gasteiger charge is 2.30. The van der Waals surface area contributed by atoms with Gasteiger partial charge in [-0.2, -0.15) is 0 Å². The van der Waals surface area contributed by atoms with E-state index in [-0.39, 0.29) is 30.1 Å². The summed E-state index contributed by atoms with van der Waals surface area (Å²) in [4.78, 5) is 38.2. The van der Waals surface area contributed by atoms with Gasteiger partial charge in [0, 0.05) is 24.6 Å². The van der Waals surface area contributed by atoms with E-state index in [0.29, 0.717) is 30.5 Å². The summed E-state index contributed by atoms with van der Waals surface area (Å²) in [5.41, 5.74) is 1.58. The van der Waals surface area contributed by atoms with Crippen molar-refractivity contribution in [1.29, 1.82) is 0 Å². The molecule has 1 aromatic carbocycles. The van der Waals surface area contributed by atoms with Crippen LogP contribution in [0.3, 0.4) is 0 Å². The highest BCUT2D eigenvalue weighted by molar-refractivity contribution is 6.03. The van der Waals surface area contributed by atoms with Crippen LogP contribution in [0.4, 0.5) is 0 Å². The Labute approximate surface area is 173 Å². The molecule has 29 heavy (non-hydrogen) atoms. The number of amides is 3. The molecule has 2 N–H and O–H groups in total. The van der Waals surface area contributed by atoms with Crippen molar-refractivity contribution in [3.8, 4) is 0 Å². The zero-order chi connectivity index (χ0) is 21.0. The van der Waals surface area contributed by atoms with Crippen molar-refractivity contribution in [2.45, 2.75) is 52.5 Å². The second-order valence-electron chi connectivity index (χ2n) is 8.95. The Kier molecular flexibility index (Phi) is 7.06. The van der Waals surface area contributed by atoms with Crippen LogP contribution >= 0.6 is 0 Å². The SMILES string of the molecule is CC1CCN(C(CNC(=O)c2ccc(CC3CC(=O)NC3=O)cc2)C(C)C)CC1. The molecule has 1 aromatic rings. The molecule has 158 valence electrons. The molecule has 2 heterocycles. The Balaban J connectivity index is 1.53. The lowest BCUT2D eigenvalue weighted by Crippen LogP contribution is -2.49. The van der Waals surface area contributed by atoms with E-state index in [1.54, 1.807) is 12.1 Å². The molecule has 0 spiro atoms. The summed E-state index contributed by atoms with van der Waals surface area (Å²) in [7, 11) is 0. The number of hydrogen-bond donors (Lipinski definition) is 2. The third kappa shape index (κ3) is 5.66. The van der Waals surface area contributed by atoms with Crippen LogP contribution in [0.1, 0.15) is 56.0 Å². The standard InChI is InChI=1S/C23H33N3O3/c1-15(2)20(26-10-8-16(3)9-11-26)14-24-22(28)18-6-4-17(5-7-18)12-19-13-21(27)25-23(19)29/h4-7,15-16,19-20H,8-14H2,1-3H3,(H,24,28)(H,25,27,29). The number of nitrogens with one attached hydrogen (secondary N) is 2. The summed E-state index contributed by atoms with van der Waals surface area (Å²) in [5, 5.41) is 5.44. The van der Waals surface area contributed by atoms with Crippen LogP contribution < -0.4 is 10.6 Å². The zero-order valence-corrected chi connectivity index (χ0v) is 17.7. The highest BCUT2D eigenvalue weighted by Crippen LogP contribution is 2.21. The molecule has 2 unspecified atom stereocenters. The third-order valence-electron chi connectivity index (χ3n) is 6.29. The minimum absolute atomic E-state index is 0.0682. The van der Waals surface area contributed by atoms with Crippen LogP contribution in [0.2, 0.25) is 0 Å². The fourth-order valence-electron chi connectivity index (χ4n) is 4.29. The van der Waals surface area contributed by atoms with Crippen molar-refractivity contribution in [3.05, 3.63) is 35.4 Å². The second-order valence-corrected chi connectivity index (χ2v) is 8.95. The summed E-state index contributed by atoms with van der Waals surface area (Å²) in [6.45, 7) is 9.60. The first kappa shape index (κ1) is 21.5. The molecule has 2 atom stereocenters. The van der Waals surface area contributed by atoms with Gasteiger partial charge in [-0.15, -0.1) is 0 Å². The number of carbonyl (C=O) groups is 3. The van der Waals surface area contributed by atoms with Crippen molar-refractivity contribution in [3.63, 3.8) is 0 Å². The number of imide groups is 1. The Morgan fingerprint density at radius 1 is 1.17 bits per heavy atom. The Morgan fingerprint density at radius 3 is 2.38 bits per heavy atom. The van der Waals surface area contributed by atoms with Gasteiger partial charge < -0.3 is 5.32 Å². The molecule has 3 amide bonds. The molecule has 0 saturated carbocycles. The van der Waals surface area contributed by atoms with E-state index in [9.17, 15) is 14.4 Å². The molecular formula is C23H33N3O3. The van der Waals surface area contributed by atoms with Gasteiger partial charge in [-0.1, -0.05) is 32.9 Å². The Bertz CT molecular complexity index is 736. The molecule has 0 aliphatic carbocycles. The van der Waals surface area contributed by atoms with Crippen LogP contribution in [0.5, 0.6) is 0 Å². The molecule has 2 fully saturated rings. The number of nitrogens with zero attached hydrogens (tertiary/aromatic N) is 1. The maximum absolute atomic E-state index is 12.6. The molecule has 6 heteroatoms. The summed E-state index contributed by atoms with van der Waals surface area (Å²) in [6.07, 6.45) is 3.21. The van der Waals surface area contributed by atoms with E-state index < -0.39 is 0 Å². The molecule has 0 aromatic heterocycles. The molecule has 2 aliphatic heterocycles. The number of carbonyl (C=O) groups excluding carboxylic acids is 3. The van der Waals surface area contributed by atoms with Crippen LogP contribution in [-0.4, -0.2) is 48.3 Å². The van der Waals surface area contributed by atoms with Gasteiger partial charge in [0.25, 0.3) is 5.91 Å². The van der Waals surface area contributed by atoms with Gasteiger partial charge in [0.2, 0.25) is 11.8 Å². The number of piperidine rings is 1. The first-order valence-corrected chi connectivity index (χ1v) is 10.8. The molecule has 6 nitrogen and oxygen atoms in total. The van der Waals surface area contributed by atoms with Crippen LogP contribution in [0, 0.1) is 17.8 Å². The van der Waals surface area contributed by atoms with Gasteiger partial charge in [-0.25, -0.2) is 0 Å². The Morgan fingerprint density at radius 2 is 1.83 bits per heavy atom. The number of likely N-dealkylation sites (tertiary alicyclic amines) is 1. The molecule has 2 saturated heterocycles. The van der Waals surface area contributed by atoms with Gasteiger partial charge in [0.1, 0.15) is 0 Å². The predicted molar refractivity (Wildman–Crippen MR) is 112 cm³/mol. The normalized spacial score (nSPS) is 22.0. The van der Waals surface area contributed by atoms with Crippen LogP contribution in [0.15, 0.2) is 24.3 Å². The summed E-state index contributed by atoms with van der Waals surface area (Å²) < 4.78 is 0. The lowest BCUT2D eigenvalue weighted by atomic mass is 9.94. The average Bonchev–Trinajstić information content (AvgIpc) is 3.00. The maximum Gasteiger partial charge on any atom is 0.251 e. The van der Waals surface area contributed by atoms with Crippen molar-refractivity contribution in [1.82, 2.24) is 15.5 Å². The van der Waals surface area contributed by atoms with Gasteiger partial charge >= 0.3 is 0 Å². The minimum Gasteiger partial charge on any atom is -0.350 e. The van der Waals surface area contributed by atoms with Crippen molar-refractivity contribution >= 4 is 17.7 Å². The van der Waals surface area contributed by atoms with Gasteiger partial charge in [-0.05, 0) is 61.9 Å². The van der Waals surface area contributed by atoms with E-state index in [4.69, 9.17) is 0 Å². The van der Waals surface area contributed by atoms with Crippen molar-refractivity contribution in [2.24, 2.45) is 17.8 Å². The molecular weight excluding hydrogens is 366 g/mol. The van der Waals surface area contributed by atoms with E-state index in [0.717, 1.165) is 24.6 Å². The molecule has 2 aliphatic rings. The predicted octanol–water partition coefficient (Wildman–Crippen LogP) is 2.38. The fourth-order valence-corrected chi connectivity index (χ4v) is 4.29. The zero-order valence-electron chi connectivity index (χ0n) is 17.7. The second kappa shape index (κ2) is 9.53. The van der Waals surface area contributed by atoms with Crippen molar-refractivity contribution < 1.29 is 14.4 Å². The molecule has 3 rings (SSSR count). The fraction of sp³-hybridized carbons (Fsp3) is 0.609. The van der Waals surface area contributed by atoms with E-state index in [2.05, 4.69) is 36.3 Å². The average molecular weight is 400 g/mol. The molecule has 0 bridgehead atoms. The Hall–Kier alpha value is -2.21. The minimum atomic E-state index is -0.304. The lowest BCUT2D eigenvalue weighted by molar-refractivity contribution is -0.125. The largest absolute Gasteiger partial charge is 0.350 e. The number of rotatable bonds is 7. The smallest absolute Gasteiger partial charge is 0.251 e. The number of hydrogen-bond acceptors (Lipinski definition) is 4. The lowest BCUT2D eigenvalue weighted by Gasteiger charge is -2.38. The maximum atomic E-state index is 12.6. The van der Waals surface area contributed by atoms with Crippen LogP contribution in [0.25, 0.3) is 0 Å². The van der Waals surface area contributed by atoms with Gasteiger partial charge in [-0.3, -0.25) is 24.6 Å². The third-order valence-corrected chi connectivity index (χ3v) is 6.29. The quantitative estimate of drug-likeness (QED) is 0.690. The monoisotopic (exact) mass is 399 g/mol. The first-order valence-electron chi connectivity index (χ1n) is 10.8. The van der Waals surface area contributed by atoms with Crippen molar-refractivity contribution in [2.75, 3.05) is 19.6 Å². The van der Waals surface area contributed by atoms with Gasteiger partial charge in [0.05, 0.1) is 5.92 Å². The highest BCUT2D eigenvalue weighted by atomic mass is 16.2. The van der Waals surface area contributed by atoms with E-state index >= 15 is 0 Å². The van der Waals surface area contributed by atoms with Gasteiger partial charge in [0.15, 0.2) is 0 Å².